The van der Waals surface area contributed by atoms with Gasteiger partial charge in [0.05, 0.1) is 25.0 Å². The van der Waals surface area contributed by atoms with Crippen molar-refractivity contribution in [3.8, 4) is 0 Å². The second kappa shape index (κ2) is 10.4. The van der Waals surface area contributed by atoms with Crippen molar-refractivity contribution in [1.29, 1.82) is 0 Å². The third kappa shape index (κ3) is 5.57. The molecule has 1 aromatic carbocycles. The molecule has 1 aromatic rings. The van der Waals surface area contributed by atoms with Gasteiger partial charge in [-0.25, -0.2) is 0 Å². The standard InChI is InChI=1S/C19H26O5.C7H10/c1-13(2)19(12-24-11-14-7-4-3-5-8-14)10-6-9-15(17(20)21)16(19)18(22)23;1-2-7-4-3-6(1)5-7/h3-5,7-8,13,15-16H,6,9-12H2,1-2H3,(H,20,21)(H,22,23);1-2,6-7H,3-5H2. The summed E-state index contributed by atoms with van der Waals surface area (Å²) in [6, 6.07) is 9.70. The Kier molecular flexibility index (Phi) is 7.93. The topological polar surface area (TPSA) is 83.8 Å². The van der Waals surface area contributed by atoms with Crippen molar-refractivity contribution in [3.05, 3.63) is 48.0 Å². The van der Waals surface area contributed by atoms with E-state index in [1.807, 2.05) is 44.2 Å². The highest BCUT2D eigenvalue weighted by Gasteiger charge is 2.53. The molecule has 0 heterocycles. The van der Waals surface area contributed by atoms with Crippen LogP contribution in [0.25, 0.3) is 0 Å². The maximum atomic E-state index is 11.9. The zero-order chi connectivity index (χ0) is 22.4. The Labute approximate surface area is 185 Å². The Bertz CT molecular complexity index is 759. The van der Waals surface area contributed by atoms with Gasteiger partial charge in [-0.15, -0.1) is 0 Å². The summed E-state index contributed by atoms with van der Waals surface area (Å²) < 4.78 is 5.88. The number of benzene rings is 1. The molecule has 3 aliphatic carbocycles. The molecular formula is C26H36O5. The third-order valence-electron chi connectivity index (χ3n) is 7.56. The molecule has 5 atom stereocenters. The first-order valence-corrected chi connectivity index (χ1v) is 11.6. The van der Waals surface area contributed by atoms with Gasteiger partial charge in [-0.2, -0.15) is 0 Å². The molecule has 0 aliphatic heterocycles. The van der Waals surface area contributed by atoms with E-state index in [1.165, 1.54) is 19.3 Å². The maximum Gasteiger partial charge on any atom is 0.308 e. The van der Waals surface area contributed by atoms with Crippen LogP contribution in [-0.2, 0) is 20.9 Å². The summed E-state index contributed by atoms with van der Waals surface area (Å²) in [7, 11) is 0. The fourth-order valence-corrected chi connectivity index (χ4v) is 5.68. The van der Waals surface area contributed by atoms with Crippen molar-refractivity contribution in [2.45, 2.75) is 59.0 Å². The molecule has 2 fully saturated rings. The minimum absolute atomic E-state index is 0.0246. The molecule has 4 rings (SSSR count). The highest BCUT2D eigenvalue weighted by atomic mass is 16.5. The lowest BCUT2D eigenvalue weighted by Gasteiger charge is -2.47. The van der Waals surface area contributed by atoms with Gasteiger partial charge < -0.3 is 14.9 Å². The number of carboxylic acids is 2. The number of allylic oxidation sites excluding steroid dienone is 2. The minimum Gasteiger partial charge on any atom is -0.481 e. The molecule has 5 heteroatoms. The second-order valence-electron chi connectivity index (χ2n) is 9.74. The van der Waals surface area contributed by atoms with E-state index >= 15 is 0 Å². The average Bonchev–Trinajstić information content (AvgIpc) is 3.40. The van der Waals surface area contributed by atoms with E-state index in [2.05, 4.69) is 12.2 Å². The normalized spacial score (nSPS) is 31.3. The van der Waals surface area contributed by atoms with Crippen molar-refractivity contribution in [1.82, 2.24) is 0 Å². The second-order valence-corrected chi connectivity index (χ2v) is 9.74. The smallest absolute Gasteiger partial charge is 0.308 e. The summed E-state index contributed by atoms with van der Waals surface area (Å²) >= 11 is 0. The lowest BCUT2D eigenvalue weighted by Crippen LogP contribution is -2.51. The first-order valence-electron chi connectivity index (χ1n) is 11.6. The van der Waals surface area contributed by atoms with E-state index < -0.39 is 29.2 Å². The van der Waals surface area contributed by atoms with E-state index in [0.717, 1.165) is 17.4 Å². The van der Waals surface area contributed by atoms with Crippen molar-refractivity contribution in [3.63, 3.8) is 0 Å². The highest BCUT2D eigenvalue weighted by molar-refractivity contribution is 5.81. The number of ether oxygens (including phenoxy) is 1. The highest BCUT2D eigenvalue weighted by Crippen LogP contribution is 2.50. The molecule has 5 unspecified atom stereocenters. The van der Waals surface area contributed by atoms with Crippen molar-refractivity contribution in [2.24, 2.45) is 35.0 Å². The van der Waals surface area contributed by atoms with Crippen LogP contribution >= 0.6 is 0 Å². The number of carboxylic acid groups (broad SMARTS) is 2. The lowest BCUT2D eigenvalue weighted by molar-refractivity contribution is -0.171. The molecule has 31 heavy (non-hydrogen) atoms. The van der Waals surface area contributed by atoms with Gasteiger partial charge in [0.15, 0.2) is 0 Å². The van der Waals surface area contributed by atoms with Gasteiger partial charge in [0.2, 0.25) is 0 Å². The van der Waals surface area contributed by atoms with E-state index in [9.17, 15) is 19.8 Å². The Morgan fingerprint density at radius 3 is 2.13 bits per heavy atom. The number of rotatable bonds is 7. The summed E-state index contributed by atoms with van der Waals surface area (Å²) in [6.45, 7) is 4.60. The monoisotopic (exact) mass is 428 g/mol. The first-order chi connectivity index (χ1) is 14.8. The largest absolute Gasteiger partial charge is 0.481 e. The number of fused-ring (bicyclic) bond motifs is 2. The van der Waals surface area contributed by atoms with Gasteiger partial charge in [-0.05, 0) is 55.4 Å². The number of aliphatic carboxylic acids is 2. The van der Waals surface area contributed by atoms with Gasteiger partial charge >= 0.3 is 11.9 Å². The predicted molar refractivity (Wildman–Crippen MR) is 119 cm³/mol. The molecule has 5 nitrogen and oxygen atoms in total. The predicted octanol–water partition coefficient (Wildman–Crippen LogP) is 5.40. The molecule has 170 valence electrons. The molecule has 2 N–H and O–H groups in total. The zero-order valence-electron chi connectivity index (χ0n) is 18.7. The number of hydrogen-bond acceptors (Lipinski definition) is 3. The maximum absolute atomic E-state index is 11.9. The summed E-state index contributed by atoms with van der Waals surface area (Å²) in [5, 5.41) is 19.2. The molecule has 2 saturated carbocycles. The van der Waals surface area contributed by atoms with Crippen LogP contribution in [0.1, 0.15) is 57.9 Å². The fraction of sp³-hybridized carbons (Fsp3) is 0.615. The van der Waals surface area contributed by atoms with Crippen LogP contribution in [0.5, 0.6) is 0 Å². The van der Waals surface area contributed by atoms with Gasteiger partial charge in [-0.3, -0.25) is 9.59 Å². The Morgan fingerprint density at radius 2 is 1.68 bits per heavy atom. The van der Waals surface area contributed by atoms with Crippen LogP contribution in [0.4, 0.5) is 0 Å². The molecule has 0 radical (unpaired) electrons. The summed E-state index contributed by atoms with van der Waals surface area (Å²) in [5.41, 5.74) is 0.371. The molecule has 0 aromatic heterocycles. The molecule has 3 aliphatic rings. The quantitative estimate of drug-likeness (QED) is 0.568. The van der Waals surface area contributed by atoms with E-state index in [0.29, 0.717) is 25.9 Å². The summed E-state index contributed by atoms with van der Waals surface area (Å²) in [5.74, 6) is -1.81. The van der Waals surface area contributed by atoms with E-state index in [4.69, 9.17) is 4.74 Å². The Balaban J connectivity index is 0.000000322. The van der Waals surface area contributed by atoms with E-state index in [1.54, 1.807) is 0 Å². The molecule has 2 bridgehead atoms. The molecular weight excluding hydrogens is 392 g/mol. The number of carbonyl (C=O) groups is 2. The van der Waals surface area contributed by atoms with Crippen molar-refractivity contribution in [2.75, 3.05) is 6.61 Å². The van der Waals surface area contributed by atoms with Gasteiger partial charge in [-0.1, -0.05) is 62.8 Å². The van der Waals surface area contributed by atoms with Crippen LogP contribution < -0.4 is 0 Å². The SMILES string of the molecule is C1=CC2CCC1C2.CC(C)C1(COCc2ccccc2)CCCC(C(=O)O)C1C(=O)O. The zero-order valence-corrected chi connectivity index (χ0v) is 18.7. The lowest BCUT2D eigenvalue weighted by atomic mass is 9.57. The van der Waals surface area contributed by atoms with Crippen molar-refractivity contribution < 1.29 is 24.5 Å². The first kappa shape index (κ1) is 23.5. The molecule has 0 spiro atoms. The van der Waals surface area contributed by atoms with Crippen LogP contribution in [0.3, 0.4) is 0 Å². The fourth-order valence-electron chi connectivity index (χ4n) is 5.68. The van der Waals surface area contributed by atoms with Gasteiger partial charge in [0.1, 0.15) is 0 Å². The summed E-state index contributed by atoms with van der Waals surface area (Å²) in [6.07, 6.45) is 11.0. The Morgan fingerprint density at radius 1 is 1.03 bits per heavy atom. The number of hydrogen-bond donors (Lipinski definition) is 2. The average molecular weight is 429 g/mol. The van der Waals surface area contributed by atoms with Crippen LogP contribution in [0.15, 0.2) is 42.5 Å². The third-order valence-corrected chi connectivity index (χ3v) is 7.56. The van der Waals surface area contributed by atoms with Crippen molar-refractivity contribution >= 4 is 11.9 Å². The van der Waals surface area contributed by atoms with Gasteiger partial charge in [0.25, 0.3) is 0 Å². The van der Waals surface area contributed by atoms with Crippen LogP contribution in [0, 0.1) is 35.0 Å². The van der Waals surface area contributed by atoms with Crippen LogP contribution in [-0.4, -0.2) is 28.8 Å². The molecule has 0 amide bonds. The summed E-state index contributed by atoms with van der Waals surface area (Å²) in [4.78, 5) is 23.5. The molecule has 0 saturated heterocycles. The Hall–Kier alpha value is -2.14. The van der Waals surface area contributed by atoms with Crippen LogP contribution in [0.2, 0.25) is 0 Å². The van der Waals surface area contributed by atoms with Gasteiger partial charge in [0, 0.05) is 5.41 Å². The minimum atomic E-state index is -1.03. The van der Waals surface area contributed by atoms with E-state index in [-0.39, 0.29) is 12.5 Å².